The number of nitrogens with one attached hydrogen (secondary N) is 1. The lowest BCUT2D eigenvalue weighted by atomic mass is 9.90. The number of hydrogen-bond acceptors (Lipinski definition) is 1. The van der Waals surface area contributed by atoms with Gasteiger partial charge in [-0.15, -0.1) is 0 Å². The Labute approximate surface area is 152 Å². The monoisotopic (exact) mass is 339 g/mol. The molecule has 1 atom stereocenters. The number of hydrogen-bond donors (Lipinski definition) is 1. The van der Waals surface area contributed by atoms with Crippen LogP contribution >= 0.6 is 0 Å². The van der Waals surface area contributed by atoms with Gasteiger partial charge in [-0.2, -0.15) is 0 Å². The van der Waals surface area contributed by atoms with Crippen molar-refractivity contribution in [1.29, 1.82) is 0 Å². The zero-order valence-electron chi connectivity index (χ0n) is 16.1. The fraction of sp³-hybridized carbons (Fsp3) is 0.409. The lowest BCUT2D eigenvalue weighted by Crippen LogP contribution is -3.16. The van der Waals surface area contributed by atoms with Crippen molar-refractivity contribution >= 4 is 5.91 Å². The molecule has 25 heavy (non-hydrogen) atoms. The van der Waals surface area contributed by atoms with E-state index in [9.17, 15) is 4.79 Å². The minimum Gasteiger partial charge on any atom is -0.339 e. The van der Waals surface area contributed by atoms with E-state index in [4.69, 9.17) is 0 Å². The first-order valence-electron chi connectivity index (χ1n) is 8.98. The number of nitrogens with zero attached hydrogens (tertiary/aromatic N) is 1. The molecule has 2 rings (SSSR count). The largest absolute Gasteiger partial charge is 0.339 e. The third-order valence-corrected chi connectivity index (χ3v) is 4.99. The average Bonchev–Trinajstić information content (AvgIpc) is 2.60. The summed E-state index contributed by atoms with van der Waals surface area (Å²) in [6.07, 6.45) is 0. The van der Waals surface area contributed by atoms with Crippen molar-refractivity contribution in [3.63, 3.8) is 0 Å². The quantitative estimate of drug-likeness (QED) is 0.860. The van der Waals surface area contributed by atoms with Gasteiger partial charge < -0.3 is 9.80 Å². The first-order valence-corrected chi connectivity index (χ1v) is 8.98. The highest BCUT2D eigenvalue weighted by Gasteiger charge is 2.27. The molecule has 0 fully saturated rings. The molecule has 0 aliphatic rings. The van der Waals surface area contributed by atoms with Crippen LogP contribution in [-0.4, -0.2) is 43.5 Å². The van der Waals surface area contributed by atoms with Gasteiger partial charge in [-0.1, -0.05) is 60.7 Å². The molecule has 0 aliphatic heterocycles. The maximum atomic E-state index is 13.2. The molecule has 0 bridgehead atoms. The van der Waals surface area contributed by atoms with Gasteiger partial charge in [-0.25, -0.2) is 0 Å². The zero-order valence-corrected chi connectivity index (χ0v) is 16.1. The average molecular weight is 340 g/mol. The lowest BCUT2D eigenvalue weighted by molar-refractivity contribution is -0.927. The minimum atomic E-state index is -0.248. The Morgan fingerprint density at radius 3 is 1.80 bits per heavy atom. The fourth-order valence-electron chi connectivity index (χ4n) is 2.81. The SMILES string of the molecule is CN(CC[NH+](C)C(C)(C)C)C(=O)C(c1ccccc1)c1ccccc1. The van der Waals surface area contributed by atoms with Gasteiger partial charge in [0.2, 0.25) is 5.91 Å². The molecule has 1 unspecified atom stereocenters. The number of benzene rings is 2. The maximum Gasteiger partial charge on any atom is 0.234 e. The Bertz CT molecular complexity index is 622. The molecular formula is C22H31N2O+. The summed E-state index contributed by atoms with van der Waals surface area (Å²) < 4.78 is 0. The molecule has 0 saturated heterocycles. The van der Waals surface area contributed by atoms with Crippen LogP contribution in [0.2, 0.25) is 0 Å². The number of quaternary nitrogens is 1. The van der Waals surface area contributed by atoms with Crippen LogP contribution in [0.4, 0.5) is 0 Å². The third kappa shape index (κ3) is 5.17. The van der Waals surface area contributed by atoms with Crippen molar-refractivity contribution < 1.29 is 9.69 Å². The van der Waals surface area contributed by atoms with Crippen LogP contribution in [0.3, 0.4) is 0 Å². The summed E-state index contributed by atoms with van der Waals surface area (Å²) in [6.45, 7) is 8.35. The highest BCUT2D eigenvalue weighted by Crippen LogP contribution is 2.26. The van der Waals surface area contributed by atoms with Crippen molar-refractivity contribution in [2.45, 2.75) is 32.2 Å². The molecule has 0 saturated carbocycles. The van der Waals surface area contributed by atoms with E-state index in [1.165, 1.54) is 4.90 Å². The molecule has 0 spiro atoms. The van der Waals surface area contributed by atoms with E-state index in [-0.39, 0.29) is 17.4 Å². The van der Waals surface area contributed by atoms with E-state index < -0.39 is 0 Å². The van der Waals surface area contributed by atoms with E-state index in [1.54, 1.807) is 0 Å². The van der Waals surface area contributed by atoms with Crippen LogP contribution in [0.25, 0.3) is 0 Å². The molecule has 1 N–H and O–H groups in total. The molecule has 0 heterocycles. The highest BCUT2D eigenvalue weighted by atomic mass is 16.2. The fourth-order valence-corrected chi connectivity index (χ4v) is 2.81. The van der Waals surface area contributed by atoms with Crippen LogP contribution in [0, 0.1) is 0 Å². The summed E-state index contributed by atoms with van der Waals surface area (Å²) in [5.41, 5.74) is 2.27. The third-order valence-electron chi connectivity index (χ3n) is 4.99. The van der Waals surface area contributed by atoms with Gasteiger partial charge in [0.15, 0.2) is 0 Å². The van der Waals surface area contributed by atoms with Crippen molar-refractivity contribution in [3.05, 3.63) is 71.8 Å². The first-order chi connectivity index (χ1) is 11.8. The summed E-state index contributed by atoms with van der Waals surface area (Å²) in [5, 5.41) is 0. The van der Waals surface area contributed by atoms with Crippen molar-refractivity contribution in [2.24, 2.45) is 0 Å². The maximum absolute atomic E-state index is 13.2. The van der Waals surface area contributed by atoms with Gasteiger partial charge in [-0.05, 0) is 31.9 Å². The Balaban J connectivity index is 2.19. The van der Waals surface area contributed by atoms with Gasteiger partial charge in [-0.3, -0.25) is 4.79 Å². The van der Waals surface area contributed by atoms with Crippen LogP contribution in [0.5, 0.6) is 0 Å². The zero-order chi connectivity index (χ0) is 18.4. The van der Waals surface area contributed by atoms with Gasteiger partial charge >= 0.3 is 0 Å². The standard InChI is InChI=1S/C22H30N2O/c1-22(2,3)24(5)17-16-23(4)21(25)20(18-12-8-6-9-13-18)19-14-10-7-11-15-19/h6-15,20H,16-17H2,1-5H3/p+1. The lowest BCUT2D eigenvalue weighted by Gasteiger charge is -2.31. The predicted octanol–water partition coefficient (Wildman–Crippen LogP) is 2.59. The number of amides is 1. The van der Waals surface area contributed by atoms with Crippen molar-refractivity contribution in [3.8, 4) is 0 Å². The molecule has 0 aromatic heterocycles. The van der Waals surface area contributed by atoms with E-state index in [1.807, 2.05) is 72.6 Å². The summed E-state index contributed by atoms with van der Waals surface area (Å²) >= 11 is 0. The molecule has 1 amide bonds. The van der Waals surface area contributed by atoms with Gasteiger partial charge in [0.25, 0.3) is 0 Å². The Hall–Kier alpha value is -2.13. The number of carbonyl (C=O) groups excluding carboxylic acids is 1. The number of likely N-dealkylation sites (N-methyl/N-ethyl adjacent to an activating group) is 2. The second-order valence-corrected chi connectivity index (χ2v) is 7.79. The van der Waals surface area contributed by atoms with Crippen molar-refractivity contribution in [1.82, 2.24) is 4.90 Å². The van der Waals surface area contributed by atoms with Crippen LogP contribution < -0.4 is 4.90 Å². The highest BCUT2D eigenvalue weighted by molar-refractivity contribution is 5.87. The Morgan fingerprint density at radius 2 is 1.40 bits per heavy atom. The van der Waals surface area contributed by atoms with Crippen LogP contribution in [0.15, 0.2) is 60.7 Å². The summed E-state index contributed by atoms with van der Waals surface area (Å²) in [4.78, 5) is 16.5. The van der Waals surface area contributed by atoms with Gasteiger partial charge in [0, 0.05) is 7.05 Å². The van der Waals surface area contributed by atoms with Gasteiger partial charge in [0.05, 0.1) is 31.6 Å². The first kappa shape index (κ1) is 19.2. The molecule has 0 radical (unpaired) electrons. The van der Waals surface area contributed by atoms with E-state index in [0.717, 1.165) is 24.2 Å². The topological polar surface area (TPSA) is 24.8 Å². The Morgan fingerprint density at radius 1 is 0.960 bits per heavy atom. The normalized spacial score (nSPS) is 12.9. The molecular weight excluding hydrogens is 308 g/mol. The minimum absolute atomic E-state index is 0.152. The summed E-state index contributed by atoms with van der Waals surface area (Å²) in [6, 6.07) is 20.1. The molecule has 3 heteroatoms. The number of rotatable bonds is 6. The van der Waals surface area contributed by atoms with E-state index in [0.29, 0.717) is 0 Å². The molecule has 2 aromatic rings. The van der Waals surface area contributed by atoms with Crippen LogP contribution in [0.1, 0.15) is 37.8 Å². The molecule has 3 nitrogen and oxygen atoms in total. The summed E-state index contributed by atoms with van der Waals surface area (Å²) in [5.74, 6) is -0.0959. The van der Waals surface area contributed by atoms with E-state index >= 15 is 0 Å². The molecule has 134 valence electrons. The molecule has 2 aromatic carbocycles. The Kier molecular flexibility index (Phi) is 6.38. The summed E-state index contributed by atoms with van der Waals surface area (Å²) in [7, 11) is 4.10. The van der Waals surface area contributed by atoms with Gasteiger partial charge in [0.1, 0.15) is 0 Å². The second-order valence-electron chi connectivity index (χ2n) is 7.79. The predicted molar refractivity (Wildman–Crippen MR) is 104 cm³/mol. The van der Waals surface area contributed by atoms with Crippen molar-refractivity contribution in [2.75, 3.05) is 27.2 Å². The van der Waals surface area contributed by atoms with E-state index in [2.05, 4.69) is 27.8 Å². The number of carbonyl (C=O) groups is 1. The molecule has 0 aliphatic carbocycles. The van der Waals surface area contributed by atoms with Crippen LogP contribution in [-0.2, 0) is 4.79 Å². The smallest absolute Gasteiger partial charge is 0.234 e. The second kappa shape index (κ2) is 8.30.